The molecule has 0 atom stereocenters. The predicted molar refractivity (Wildman–Crippen MR) is 78.7 cm³/mol. The van der Waals surface area contributed by atoms with Crippen molar-refractivity contribution in [2.75, 3.05) is 5.32 Å². The van der Waals surface area contributed by atoms with Crippen molar-refractivity contribution in [3.05, 3.63) is 60.2 Å². The van der Waals surface area contributed by atoms with Gasteiger partial charge in [-0.15, -0.1) is 0 Å². The van der Waals surface area contributed by atoms with E-state index in [9.17, 15) is 0 Å². The molecule has 4 rings (SSSR count). The molecule has 3 heteroatoms. The number of hydrogen-bond acceptors (Lipinski definition) is 3. The quantitative estimate of drug-likeness (QED) is 0.507. The molecule has 3 aromatic rings. The van der Waals surface area contributed by atoms with Crippen LogP contribution in [0.3, 0.4) is 0 Å². The Hall–Kier alpha value is -2.68. The highest BCUT2D eigenvalue weighted by molar-refractivity contribution is 5.96. The standard InChI is InChI=1S/C16H11N3/c1-3-7-13-11(5-1)9-15-16(19-13)17-10-12-6-2-4-8-14(12)18-15/h1-10,18H. The van der Waals surface area contributed by atoms with E-state index in [1.807, 2.05) is 48.7 Å². The van der Waals surface area contributed by atoms with Gasteiger partial charge in [-0.05, 0) is 18.2 Å². The van der Waals surface area contributed by atoms with Crippen LogP contribution < -0.4 is 5.32 Å². The minimum Gasteiger partial charge on any atom is -0.352 e. The van der Waals surface area contributed by atoms with Gasteiger partial charge in [0.2, 0.25) is 0 Å². The lowest BCUT2D eigenvalue weighted by Gasteiger charge is -2.09. The average molecular weight is 245 g/mol. The van der Waals surface area contributed by atoms with Crippen LogP contribution in [0.25, 0.3) is 10.9 Å². The van der Waals surface area contributed by atoms with Gasteiger partial charge in [-0.2, -0.15) is 0 Å². The monoisotopic (exact) mass is 245 g/mol. The first-order valence-electron chi connectivity index (χ1n) is 6.20. The first kappa shape index (κ1) is 10.3. The third-order valence-corrected chi connectivity index (χ3v) is 3.26. The fraction of sp³-hybridized carbons (Fsp3) is 0. The summed E-state index contributed by atoms with van der Waals surface area (Å²) in [5.74, 6) is 0.731. The summed E-state index contributed by atoms with van der Waals surface area (Å²) in [6.07, 6.45) is 1.86. The maximum absolute atomic E-state index is 4.60. The van der Waals surface area contributed by atoms with E-state index in [0.29, 0.717) is 0 Å². The summed E-state index contributed by atoms with van der Waals surface area (Å²) in [6.45, 7) is 0. The van der Waals surface area contributed by atoms with Crippen LogP contribution in [-0.4, -0.2) is 11.2 Å². The van der Waals surface area contributed by atoms with Crippen LogP contribution in [0.1, 0.15) is 5.56 Å². The Morgan fingerprint density at radius 3 is 2.68 bits per heavy atom. The average Bonchev–Trinajstić information content (AvgIpc) is 2.63. The van der Waals surface area contributed by atoms with Gasteiger partial charge >= 0.3 is 0 Å². The van der Waals surface area contributed by atoms with Crippen molar-refractivity contribution in [1.82, 2.24) is 4.98 Å². The summed E-state index contributed by atoms with van der Waals surface area (Å²) >= 11 is 0. The van der Waals surface area contributed by atoms with Crippen molar-refractivity contribution >= 4 is 34.3 Å². The van der Waals surface area contributed by atoms with Gasteiger partial charge in [-0.1, -0.05) is 36.4 Å². The molecule has 3 nitrogen and oxygen atoms in total. The smallest absolute Gasteiger partial charge is 0.176 e. The van der Waals surface area contributed by atoms with E-state index in [1.54, 1.807) is 0 Å². The van der Waals surface area contributed by atoms with Crippen molar-refractivity contribution in [2.45, 2.75) is 0 Å². The molecule has 0 radical (unpaired) electrons. The Morgan fingerprint density at radius 2 is 1.68 bits per heavy atom. The molecule has 0 amide bonds. The predicted octanol–water partition coefficient (Wildman–Crippen LogP) is 4.04. The van der Waals surface area contributed by atoms with Crippen LogP contribution in [0.15, 0.2) is 59.6 Å². The molecule has 1 aliphatic rings. The molecule has 0 bridgehead atoms. The van der Waals surface area contributed by atoms with Crippen molar-refractivity contribution in [3.63, 3.8) is 0 Å². The van der Waals surface area contributed by atoms with Gasteiger partial charge < -0.3 is 5.32 Å². The van der Waals surface area contributed by atoms with Gasteiger partial charge in [-0.3, -0.25) is 0 Å². The normalized spacial score (nSPS) is 12.4. The highest BCUT2D eigenvalue weighted by Crippen LogP contribution is 2.33. The summed E-state index contributed by atoms with van der Waals surface area (Å²) in [6, 6.07) is 18.3. The molecule has 0 aliphatic carbocycles. The maximum Gasteiger partial charge on any atom is 0.176 e. The topological polar surface area (TPSA) is 37.3 Å². The molecule has 19 heavy (non-hydrogen) atoms. The van der Waals surface area contributed by atoms with Crippen molar-refractivity contribution in [3.8, 4) is 0 Å². The third kappa shape index (κ3) is 1.67. The molecule has 0 saturated carbocycles. The van der Waals surface area contributed by atoms with Gasteiger partial charge in [0, 0.05) is 22.9 Å². The number of hydrogen-bond donors (Lipinski definition) is 1. The van der Waals surface area contributed by atoms with Crippen LogP contribution in [-0.2, 0) is 0 Å². The third-order valence-electron chi connectivity index (χ3n) is 3.26. The second-order valence-corrected chi connectivity index (χ2v) is 4.52. The van der Waals surface area contributed by atoms with E-state index < -0.39 is 0 Å². The van der Waals surface area contributed by atoms with Gasteiger partial charge in [0.15, 0.2) is 5.82 Å². The zero-order valence-electron chi connectivity index (χ0n) is 10.2. The van der Waals surface area contributed by atoms with E-state index in [-0.39, 0.29) is 0 Å². The first-order valence-corrected chi connectivity index (χ1v) is 6.20. The number of benzene rings is 2. The van der Waals surface area contributed by atoms with Crippen molar-refractivity contribution < 1.29 is 0 Å². The zero-order chi connectivity index (χ0) is 12.7. The molecule has 2 aromatic carbocycles. The Morgan fingerprint density at radius 1 is 0.842 bits per heavy atom. The molecular weight excluding hydrogens is 234 g/mol. The van der Waals surface area contributed by atoms with Crippen LogP contribution in [0, 0.1) is 0 Å². The van der Waals surface area contributed by atoms with Crippen LogP contribution in [0.5, 0.6) is 0 Å². The Bertz CT molecular complexity index is 806. The summed E-state index contributed by atoms with van der Waals surface area (Å²) in [5, 5.41) is 4.52. The fourth-order valence-electron chi connectivity index (χ4n) is 2.30. The Kier molecular flexibility index (Phi) is 2.12. The number of aliphatic imine (C=N–C) groups is 1. The molecular formula is C16H11N3. The number of nitrogens with zero attached hydrogens (tertiary/aromatic N) is 2. The van der Waals surface area contributed by atoms with E-state index >= 15 is 0 Å². The van der Waals surface area contributed by atoms with E-state index in [1.165, 1.54) is 0 Å². The van der Waals surface area contributed by atoms with Crippen molar-refractivity contribution in [2.24, 2.45) is 4.99 Å². The molecule has 1 N–H and O–H groups in total. The SMILES string of the molecule is C1=Nc2nc3ccccc3cc2Nc2ccccc21. The fourth-order valence-corrected chi connectivity index (χ4v) is 2.30. The summed E-state index contributed by atoms with van der Waals surface area (Å²) in [5.41, 5.74) is 4.04. The Labute approximate surface area is 110 Å². The molecule has 0 spiro atoms. The number of pyridine rings is 1. The Balaban J connectivity index is 1.96. The summed E-state index contributed by atoms with van der Waals surface area (Å²) in [4.78, 5) is 9.08. The lowest BCUT2D eigenvalue weighted by Crippen LogP contribution is -1.93. The minimum atomic E-state index is 0.731. The summed E-state index contributed by atoms with van der Waals surface area (Å²) in [7, 11) is 0. The molecule has 1 aliphatic heterocycles. The van der Waals surface area contributed by atoms with Crippen LogP contribution in [0.2, 0.25) is 0 Å². The number of fused-ring (bicyclic) bond motifs is 3. The van der Waals surface area contributed by atoms with Crippen LogP contribution >= 0.6 is 0 Å². The largest absolute Gasteiger partial charge is 0.352 e. The number of aromatic nitrogens is 1. The minimum absolute atomic E-state index is 0.731. The summed E-state index contributed by atoms with van der Waals surface area (Å²) < 4.78 is 0. The van der Waals surface area contributed by atoms with Gasteiger partial charge in [0.25, 0.3) is 0 Å². The lowest BCUT2D eigenvalue weighted by molar-refractivity contribution is 1.34. The molecule has 0 saturated heterocycles. The molecule has 0 fully saturated rings. The molecule has 2 heterocycles. The number of anilines is 2. The maximum atomic E-state index is 4.60. The molecule has 90 valence electrons. The molecule has 1 aromatic heterocycles. The van der Waals surface area contributed by atoms with Crippen molar-refractivity contribution in [1.29, 1.82) is 0 Å². The number of para-hydroxylation sites is 2. The van der Waals surface area contributed by atoms with E-state index in [0.717, 1.165) is 33.7 Å². The highest BCUT2D eigenvalue weighted by Gasteiger charge is 2.11. The lowest BCUT2D eigenvalue weighted by atomic mass is 10.2. The van der Waals surface area contributed by atoms with Crippen LogP contribution in [0.4, 0.5) is 17.2 Å². The second kappa shape index (κ2) is 3.92. The van der Waals surface area contributed by atoms with Gasteiger partial charge in [-0.25, -0.2) is 9.98 Å². The van der Waals surface area contributed by atoms with E-state index in [2.05, 4.69) is 27.4 Å². The zero-order valence-corrected chi connectivity index (χ0v) is 10.2. The first-order chi connectivity index (χ1) is 9.40. The molecule has 0 unspecified atom stereocenters. The number of rotatable bonds is 0. The number of nitrogens with one attached hydrogen (secondary N) is 1. The second-order valence-electron chi connectivity index (χ2n) is 4.52. The van der Waals surface area contributed by atoms with E-state index in [4.69, 9.17) is 0 Å². The van der Waals surface area contributed by atoms with Gasteiger partial charge in [0.05, 0.1) is 11.2 Å². The van der Waals surface area contributed by atoms with Gasteiger partial charge in [0.1, 0.15) is 0 Å². The highest BCUT2D eigenvalue weighted by atomic mass is 15.0.